The molecule has 2 rings (SSSR count). The molecule has 0 atom stereocenters. The maximum atomic E-state index is 11.6. The maximum Gasteiger partial charge on any atom is 0.227 e. The van der Waals surface area contributed by atoms with Gasteiger partial charge in [-0.15, -0.1) is 0 Å². The molecule has 5 heteroatoms. The number of Topliss-reactive ketones (excluding diaryl/α,β-unsaturated/α-hetero) is 1. The average Bonchev–Trinajstić information content (AvgIpc) is 2.15. The van der Waals surface area contributed by atoms with E-state index in [1.54, 1.807) is 18.2 Å². The van der Waals surface area contributed by atoms with Gasteiger partial charge in [0, 0.05) is 6.42 Å². The zero-order valence-corrected chi connectivity index (χ0v) is 7.97. The molecule has 0 bridgehead atoms. The molecule has 0 amide bonds. The van der Waals surface area contributed by atoms with Gasteiger partial charge in [0.1, 0.15) is 0 Å². The first-order valence-electron chi connectivity index (χ1n) is 3.98. The summed E-state index contributed by atoms with van der Waals surface area (Å²) in [4.78, 5) is 11.3. The average molecular weight is 209 g/mol. The van der Waals surface area contributed by atoms with Crippen molar-refractivity contribution in [1.82, 2.24) is 0 Å². The molecule has 0 unspecified atom stereocenters. The van der Waals surface area contributed by atoms with E-state index in [2.05, 4.69) is 0 Å². The molecule has 1 heterocycles. The van der Waals surface area contributed by atoms with Gasteiger partial charge in [-0.25, -0.2) is 8.42 Å². The van der Waals surface area contributed by atoms with Crippen LogP contribution in [0.1, 0.15) is 5.56 Å². The molecule has 1 aromatic carbocycles. The minimum Gasteiger partial charge on any atom is -0.291 e. The number of carbonyl (C=O) groups excluding carboxylic acids is 1. The first-order valence-corrected chi connectivity index (χ1v) is 5.46. The highest BCUT2D eigenvalue weighted by molar-refractivity contribution is 8.08. The first kappa shape index (κ1) is 9.08. The van der Waals surface area contributed by atoms with E-state index in [9.17, 15) is 13.2 Å². The summed E-state index contributed by atoms with van der Waals surface area (Å²) in [5, 5.41) is 6.40. The predicted octanol–water partition coefficient (Wildman–Crippen LogP) is 0.563. The molecular weight excluding hydrogens is 202 g/mol. The maximum absolute atomic E-state index is 11.6. The quantitative estimate of drug-likeness (QED) is 0.678. The van der Waals surface area contributed by atoms with Crippen molar-refractivity contribution in [2.75, 3.05) is 0 Å². The Morgan fingerprint density at radius 2 is 1.86 bits per heavy atom. The lowest BCUT2D eigenvalue weighted by Gasteiger charge is -2.14. The minimum atomic E-state index is -3.84. The van der Waals surface area contributed by atoms with Crippen molar-refractivity contribution < 1.29 is 13.2 Å². The first-order chi connectivity index (χ1) is 6.53. The Bertz CT molecular complexity index is 531. The summed E-state index contributed by atoms with van der Waals surface area (Å²) in [6.07, 6.45) is 0.00817. The van der Waals surface area contributed by atoms with Gasteiger partial charge < -0.3 is 0 Å². The molecule has 1 aromatic rings. The van der Waals surface area contributed by atoms with Gasteiger partial charge in [0.25, 0.3) is 0 Å². The number of hydrogen-bond donors (Lipinski definition) is 1. The highest BCUT2D eigenvalue weighted by atomic mass is 32.2. The fraction of sp³-hybridized carbons (Fsp3) is 0.111. The van der Waals surface area contributed by atoms with E-state index in [4.69, 9.17) is 5.41 Å². The lowest BCUT2D eigenvalue weighted by Crippen LogP contribution is -2.31. The monoisotopic (exact) mass is 209 g/mol. The van der Waals surface area contributed by atoms with Crippen LogP contribution in [-0.4, -0.2) is 19.2 Å². The van der Waals surface area contributed by atoms with Crippen LogP contribution in [0.5, 0.6) is 0 Å². The molecule has 0 saturated carbocycles. The van der Waals surface area contributed by atoms with Crippen LogP contribution in [0.4, 0.5) is 0 Å². The van der Waals surface area contributed by atoms with Crippen LogP contribution in [-0.2, 0) is 21.1 Å². The number of sulfone groups is 1. The lowest BCUT2D eigenvalue weighted by molar-refractivity contribution is -0.112. The lowest BCUT2D eigenvalue weighted by atomic mass is 10.1. The van der Waals surface area contributed by atoms with E-state index in [0.717, 1.165) is 0 Å². The summed E-state index contributed by atoms with van der Waals surface area (Å²) in [5.41, 5.74) is 0.480. The van der Waals surface area contributed by atoms with Gasteiger partial charge >= 0.3 is 0 Å². The minimum absolute atomic E-state index is 0.00817. The van der Waals surface area contributed by atoms with E-state index < -0.39 is 20.7 Å². The summed E-state index contributed by atoms with van der Waals surface area (Å²) in [7, 11) is -3.84. The molecule has 0 aliphatic carbocycles. The fourth-order valence-corrected chi connectivity index (χ4v) is 2.76. The number of benzene rings is 1. The van der Waals surface area contributed by atoms with Crippen molar-refractivity contribution in [3.05, 3.63) is 29.8 Å². The van der Waals surface area contributed by atoms with Gasteiger partial charge in [-0.2, -0.15) is 0 Å². The molecule has 4 nitrogen and oxygen atoms in total. The van der Waals surface area contributed by atoms with Crippen LogP contribution >= 0.6 is 0 Å². The Morgan fingerprint density at radius 3 is 2.57 bits per heavy atom. The molecule has 0 saturated heterocycles. The van der Waals surface area contributed by atoms with E-state index >= 15 is 0 Å². The van der Waals surface area contributed by atoms with Crippen LogP contribution in [0.3, 0.4) is 0 Å². The van der Waals surface area contributed by atoms with Crippen LogP contribution < -0.4 is 0 Å². The smallest absolute Gasteiger partial charge is 0.227 e. The summed E-state index contributed by atoms with van der Waals surface area (Å²) >= 11 is 0. The Balaban J connectivity index is 2.79. The van der Waals surface area contributed by atoms with E-state index in [-0.39, 0.29) is 11.3 Å². The third kappa shape index (κ3) is 1.09. The third-order valence-electron chi connectivity index (χ3n) is 2.14. The van der Waals surface area contributed by atoms with Crippen molar-refractivity contribution in [3.8, 4) is 0 Å². The second kappa shape index (κ2) is 2.75. The molecule has 0 aromatic heterocycles. The van der Waals surface area contributed by atoms with E-state index in [0.29, 0.717) is 5.56 Å². The SMILES string of the molecule is N=C1C(=O)Cc2ccccc2S1(=O)=O. The zero-order chi connectivity index (χ0) is 10.3. The fourth-order valence-electron chi connectivity index (χ4n) is 1.43. The van der Waals surface area contributed by atoms with Crippen LogP contribution in [0, 0.1) is 5.41 Å². The van der Waals surface area contributed by atoms with Crippen LogP contribution in [0.25, 0.3) is 0 Å². The molecule has 0 spiro atoms. The van der Waals surface area contributed by atoms with Crippen molar-refractivity contribution >= 4 is 20.7 Å². The topological polar surface area (TPSA) is 75.1 Å². The summed E-state index contributed by atoms with van der Waals surface area (Å²) in [6, 6.07) is 6.28. The number of ketones is 1. The second-order valence-electron chi connectivity index (χ2n) is 3.04. The van der Waals surface area contributed by atoms with Gasteiger partial charge in [0.15, 0.2) is 10.8 Å². The molecule has 0 fully saturated rings. The highest BCUT2D eigenvalue weighted by Gasteiger charge is 2.34. The number of rotatable bonds is 0. The normalized spacial score (nSPS) is 19.1. The molecule has 1 aliphatic rings. The molecular formula is C9H7NO3S. The number of carbonyl (C=O) groups is 1. The molecule has 1 N–H and O–H groups in total. The van der Waals surface area contributed by atoms with Crippen molar-refractivity contribution in [2.24, 2.45) is 0 Å². The number of nitrogens with one attached hydrogen (secondary N) is 1. The van der Waals surface area contributed by atoms with Crippen molar-refractivity contribution in [1.29, 1.82) is 5.41 Å². The Hall–Kier alpha value is -1.49. The molecule has 0 radical (unpaired) electrons. The Morgan fingerprint density at radius 1 is 1.21 bits per heavy atom. The largest absolute Gasteiger partial charge is 0.291 e. The third-order valence-corrected chi connectivity index (χ3v) is 3.88. The van der Waals surface area contributed by atoms with E-state index in [1.807, 2.05) is 0 Å². The van der Waals surface area contributed by atoms with Gasteiger partial charge in [0.05, 0.1) is 4.90 Å². The standard InChI is InChI=1S/C9H7NO3S/c10-9-7(11)5-6-3-1-2-4-8(6)14(9,12)13/h1-4,10H,5H2. The number of fused-ring (bicyclic) bond motifs is 1. The van der Waals surface area contributed by atoms with Gasteiger partial charge in [-0.1, -0.05) is 18.2 Å². The summed E-state index contributed by atoms with van der Waals surface area (Å²) < 4.78 is 23.1. The number of hydrogen-bond acceptors (Lipinski definition) is 4. The highest BCUT2D eigenvalue weighted by Crippen LogP contribution is 2.23. The summed E-state index contributed by atoms with van der Waals surface area (Å²) in [5.74, 6) is -0.635. The van der Waals surface area contributed by atoms with Gasteiger partial charge in [0.2, 0.25) is 9.84 Å². The summed E-state index contributed by atoms with van der Waals surface area (Å²) in [6.45, 7) is 0. The van der Waals surface area contributed by atoms with Crippen LogP contribution in [0.15, 0.2) is 29.2 Å². The molecule has 72 valence electrons. The zero-order valence-electron chi connectivity index (χ0n) is 7.15. The Kier molecular flexibility index (Phi) is 1.78. The second-order valence-corrected chi connectivity index (χ2v) is 4.90. The van der Waals surface area contributed by atoms with Gasteiger partial charge in [-0.3, -0.25) is 10.2 Å². The molecule has 1 aliphatic heterocycles. The Labute approximate surface area is 81.0 Å². The van der Waals surface area contributed by atoms with Crippen molar-refractivity contribution in [2.45, 2.75) is 11.3 Å². The van der Waals surface area contributed by atoms with Gasteiger partial charge in [-0.05, 0) is 11.6 Å². The van der Waals surface area contributed by atoms with E-state index in [1.165, 1.54) is 6.07 Å². The predicted molar refractivity (Wildman–Crippen MR) is 50.1 cm³/mol. The van der Waals surface area contributed by atoms with Crippen LogP contribution in [0.2, 0.25) is 0 Å². The van der Waals surface area contributed by atoms with Crippen molar-refractivity contribution in [3.63, 3.8) is 0 Å². The molecule has 14 heavy (non-hydrogen) atoms.